The first-order valence-corrected chi connectivity index (χ1v) is 6.03. The predicted octanol–water partition coefficient (Wildman–Crippen LogP) is -0.264. The second-order valence-corrected chi connectivity index (χ2v) is 4.81. The van der Waals surface area contributed by atoms with Crippen molar-refractivity contribution in [3.63, 3.8) is 0 Å². The van der Waals surface area contributed by atoms with Crippen LogP contribution in [0, 0.1) is 0 Å². The van der Waals surface area contributed by atoms with Gasteiger partial charge >= 0.3 is 0 Å². The second kappa shape index (κ2) is 5.38. The second-order valence-electron chi connectivity index (χ2n) is 4.81. The normalized spacial score (nSPS) is 14.3. The van der Waals surface area contributed by atoms with Crippen molar-refractivity contribution in [2.75, 3.05) is 13.2 Å². The summed E-state index contributed by atoms with van der Waals surface area (Å²) in [5.74, 6) is -0.239. The highest BCUT2D eigenvalue weighted by atomic mass is 16.3. The highest BCUT2D eigenvalue weighted by molar-refractivity contribution is 5.78. The van der Waals surface area contributed by atoms with E-state index in [2.05, 4.69) is 10.3 Å². The molecule has 2 rings (SSSR count). The number of nitrogens with one attached hydrogen (secondary N) is 1. The molecule has 0 aromatic carbocycles. The largest absolute Gasteiger partial charge is 0.393 e. The first-order valence-electron chi connectivity index (χ1n) is 6.03. The van der Waals surface area contributed by atoms with Crippen LogP contribution in [-0.2, 0) is 11.2 Å². The van der Waals surface area contributed by atoms with Gasteiger partial charge < -0.3 is 19.9 Å². The third-order valence-corrected chi connectivity index (χ3v) is 2.76. The van der Waals surface area contributed by atoms with Gasteiger partial charge in [-0.1, -0.05) is 6.07 Å². The number of aliphatic hydroxyl groups is 2. The molecule has 1 unspecified atom stereocenters. The molecule has 2 aromatic heterocycles. The van der Waals surface area contributed by atoms with Crippen molar-refractivity contribution in [2.24, 2.45) is 0 Å². The van der Waals surface area contributed by atoms with Crippen molar-refractivity contribution in [2.45, 2.75) is 18.9 Å². The topological polar surface area (TPSA) is 86.9 Å². The summed E-state index contributed by atoms with van der Waals surface area (Å²) >= 11 is 0. The zero-order valence-electron chi connectivity index (χ0n) is 10.7. The number of rotatable bonds is 5. The molecule has 0 bridgehead atoms. The lowest BCUT2D eigenvalue weighted by atomic mass is 10.1. The van der Waals surface area contributed by atoms with Gasteiger partial charge in [-0.2, -0.15) is 0 Å². The van der Waals surface area contributed by atoms with Crippen LogP contribution in [0.4, 0.5) is 0 Å². The van der Waals surface area contributed by atoms with Crippen LogP contribution < -0.4 is 5.32 Å². The summed E-state index contributed by atoms with van der Waals surface area (Å²) in [5.41, 5.74) is 0.147. The van der Waals surface area contributed by atoms with Gasteiger partial charge in [0.25, 0.3) is 0 Å². The van der Waals surface area contributed by atoms with Crippen molar-refractivity contribution in [1.29, 1.82) is 0 Å². The van der Waals surface area contributed by atoms with Gasteiger partial charge in [0.05, 0.1) is 18.7 Å². The Bertz CT molecular complexity index is 544. The molecular weight excluding hydrogens is 246 g/mol. The molecule has 2 aromatic rings. The van der Waals surface area contributed by atoms with E-state index in [1.165, 1.54) is 6.92 Å². The highest BCUT2D eigenvalue weighted by Crippen LogP contribution is 2.05. The number of aliphatic hydroxyl groups excluding tert-OH is 1. The minimum atomic E-state index is -1.30. The zero-order chi connectivity index (χ0) is 13.9. The van der Waals surface area contributed by atoms with Crippen molar-refractivity contribution < 1.29 is 15.0 Å². The number of fused-ring (bicyclic) bond motifs is 1. The average Bonchev–Trinajstić information content (AvgIpc) is 2.78. The Kier molecular flexibility index (Phi) is 3.82. The number of hydrogen-bond donors (Lipinski definition) is 3. The third-order valence-electron chi connectivity index (χ3n) is 2.76. The quantitative estimate of drug-likeness (QED) is 0.693. The number of carbonyl (C=O) groups is 1. The maximum Gasteiger partial charge on any atom is 0.226 e. The van der Waals surface area contributed by atoms with E-state index < -0.39 is 12.2 Å². The van der Waals surface area contributed by atoms with Crippen LogP contribution in [0.1, 0.15) is 12.6 Å². The smallest absolute Gasteiger partial charge is 0.226 e. The first-order chi connectivity index (χ1) is 9.00. The predicted molar refractivity (Wildman–Crippen MR) is 69.6 cm³/mol. The maximum absolute atomic E-state index is 11.7. The molecule has 3 N–H and O–H groups in total. The fourth-order valence-electron chi connectivity index (χ4n) is 1.64. The first kappa shape index (κ1) is 13.5. The number of amides is 1. The molecule has 2 heterocycles. The molecule has 102 valence electrons. The minimum Gasteiger partial charge on any atom is -0.393 e. The minimum absolute atomic E-state index is 0.00963. The van der Waals surface area contributed by atoms with Gasteiger partial charge in [0.15, 0.2) is 0 Å². The molecule has 0 saturated carbocycles. The van der Waals surface area contributed by atoms with Crippen LogP contribution in [0.2, 0.25) is 0 Å². The Hall–Kier alpha value is -1.92. The fourth-order valence-corrected chi connectivity index (χ4v) is 1.64. The van der Waals surface area contributed by atoms with Gasteiger partial charge in [0, 0.05) is 18.9 Å². The molecule has 0 saturated heterocycles. The lowest BCUT2D eigenvalue weighted by Gasteiger charge is -2.20. The fraction of sp³-hybridized carbons (Fsp3) is 0.385. The van der Waals surface area contributed by atoms with E-state index in [1.54, 1.807) is 6.20 Å². The molecule has 6 heteroatoms. The number of imidazole rings is 1. The summed E-state index contributed by atoms with van der Waals surface area (Å²) in [7, 11) is 0. The van der Waals surface area contributed by atoms with E-state index in [1.807, 2.05) is 28.8 Å². The monoisotopic (exact) mass is 263 g/mol. The van der Waals surface area contributed by atoms with E-state index in [4.69, 9.17) is 5.11 Å². The van der Waals surface area contributed by atoms with Gasteiger partial charge in [-0.3, -0.25) is 4.79 Å². The molecule has 1 amide bonds. The van der Waals surface area contributed by atoms with Crippen LogP contribution >= 0.6 is 0 Å². The number of pyridine rings is 1. The molecule has 0 aliphatic rings. The Morgan fingerprint density at radius 2 is 2.32 bits per heavy atom. The van der Waals surface area contributed by atoms with Crippen LogP contribution in [-0.4, -0.2) is 44.3 Å². The molecule has 6 nitrogen and oxygen atoms in total. The summed E-state index contributed by atoms with van der Waals surface area (Å²) in [6.45, 7) is 1.07. The molecule has 0 aliphatic heterocycles. The highest BCUT2D eigenvalue weighted by Gasteiger charge is 2.20. The standard InChI is InChI=1S/C13H17N3O3/c1-13(19,9-17)8-14-12(18)6-10-7-16-5-3-2-4-11(16)15-10/h2-5,7,17,19H,6,8-9H2,1H3,(H,14,18). The Labute approximate surface area is 110 Å². The molecule has 0 aliphatic carbocycles. The average molecular weight is 263 g/mol. The summed E-state index contributed by atoms with van der Waals surface area (Å²) < 4.78 is 1.84. The van der Waals surface area contributed by atoms with Gasteiger partial charge in [-0.05, 0) is 19.1 Å². The summed E-state index contributed by atoms with van der Waals surface area (Å²) in [6.07, 6.45) is 3.79. The molecule has 0 fully saturated rings. The van der Waals surface area contributed by atoms with Crippen LogP contribution in [0.3, 0.4) is 0 Å². The Morgan fingerprint density at radius 3 is 3.00 bits per heavy atom. The molecule has 19 heavy (non-hydrogen) atoms. The van der Waals surface area contributed by atoms with E-state index in [-0.39, 0.29) is 18.9 Å². The van der Waals surface area contributed by atoms with Gasteiger partial charge in [-0.15, -0.1) is 0 Å². The molecule has 1 atom stereocenters. The molecule has 0 radical (unpaired) electrons. The molecule has 0 spiro atoms. The third kappa shape index (κ3) is 3.52. The van der Waals surface area contributed by atoms with Gasteiger partial charge in [0.2, 0.25) is 5.91 Å². The van der Waals surface area contributed by atoms with E-state index in [0.29, 0.717) is 5.69 Å². The van der Waals surface area contributed by atoms with Crippen LogP contribution in [0.25, 0.3) is 5.65 Å². The maximum atomic E-state index is 11.7. The van der Waals surface area contributed by atoms with Crippen molar-refractivity contribution >= 4 is 11.6 Å². The van der Waals surface area contributed by atoms with Crippen molar-refractivity contribution in [3.05, 3.63) is 36.3 Å². The van der Waals surface area contributed by atoms with Gasteiger partial charge in [-0.25, -0.2) is 4.98 Å². The number of carbonyl (C=O) groups excluding carboxylic acids is 1. The van der Waals surface area contributed by atoms with Crippen molar-refractivity contribution in [1.82, 2.24) is 14.7 Å². The number of nitrogens with zero attached hydrogens (tertiary/aromatic N) is 2. The van der Waals surface area contributed by atoms with Crippen molar-refractivity contribution in [3.8, 4) is 0 Å². The summed E-state index contributed by atoms with van der Waals surface area (Å²) in [5, 5.41) is 21.0. The lowest BCUT2D eigenvalue weighted by molar-refractivity contribution is -0.122. The number of aromatic nitrogens is 2. The lowest BCUT2D eigenvalue weighted by Crippen LogP contribution is -2.43. The van der Waals surface area contributed by atoms with Crippen LogP contribution in [0.15, 0.2) is 30.6 Å². The summed E-state index contributed by atoms with van der Waals surface area (Å²) in [4.78, 5) is 16.0. The Morgan fingerprint density at radius 1 is 1.53 bits per heavy atom. The van der Waals surface area contributed by atoms with E-state index >= 15 is 0 Å². The van der Waals surface area contributed by atoms with E-state index in [0.717, 1.165) is 5.65 Å². The number of hydrogen-bond acceptors (Lipinski definition) is 4. The Balaban J connectivity index is 1.95. The summed E-state index contributed by atoms with van der Waals surface area (Å²) in [6, 6.07) is 5.62. The van der Waals surface area contributed by atoms with E-state index in [9.17, 15) is 9.90 Å². The molecular formula is C13H17N3O3. The van der Waals surface area contributed by atoms with Crippen LogP contribution in [0.5, 0.6) is 0 Å². The zero-order valence-corrected chi connectivity index (χ0v) is 10.7. The van der Waals surface area contributed by atoms with Gasteiger partial charge in [0.1, 0.15) is 11.2 Å². The SMILES string of the molecule is CC(O)(CO)CNC(=O)Cc1cn2ccccc2n1.